The van der Waals surface area contributed by atoms with Gasteiger partial charge in [0.1, 0.15) is 5.75 Å². The van der Waals surface area contributed by atoms with Crippen LogP contribution in [0.5, 0.6) is 5.75 Å². The van der Waals surface area contributed by atoms with Crippen molar-refractivity contribution in [1.82, 2.24) is 0 Å². The fraction of sp³-hybridized carbons (Fsp3) is 0.0769. The lowest BCUT2D eigenvalue weighted by Gasteiger charge is -2.05. The minimum atomic E-state index is -0.399. The van der Waals surface area contributed by atoms with Crippen molar-refractivity contribution in [2.75, 3.05) is 0 Å². The lowest BCUT2D eigenvalue weighted by atomic mass is 10.2. The van der Waals surface area contributed by atoms with E-state index in [2.05, 4.69) is 0 Å². The Hall–Kier alpha value is -2.01. The molecule has 0 heterocycles. The highest BCUT2D eigenvalue weighted by atomic mass is 32.2. The number of hydrogen-bond acceptors (Lipinski definition) is 4. The molecule has 0 aliphatic rings. The molecule has 0 aliphatic carbocycles. The van der Waals surface area contributed by atoms with Crippen LogP contribution in [-0.2, 0) is 0 Å². The normalized spacial score (nSPS) is 10.3. The van der Waals surface area contributed by atoms with Gasteiger partial charge in [-0.15, -0.1) is 0 Å². The predicted molar refractivity (Wildman–Crippen MR) is 70.1 cm³/mol. The Morgan fingerprint density at radius 2 is 1.94 bits per heavy atom. The molecule has 2 aromatic rings. The van der Waals surface area contributed by atoms with Gasteiger partial charge >= 0.3 is 0 Å². The Balaban J connectivity index is 2.33. The number of nitrogens with zero attached hydrogens (tertiary/aromatic N) is 1. The van der Waals surface area contributed by atoms with Crippen molar-refractivity contribution < 1.29 is 10.0 Å². The highest BCUT2D eigenvalue weighted by Crippen LogP contribution is 2.35. The van der Waals surface area contributed by atoms with Crippen LogP contribution < -0.4 is 0 Å². The van der Waals surface area contributed by atoms with Crippen molar-refractivity contribution in [2.24, 2.45) is 0 Å². The summed E-state index contributed by atoms with van der Waals surface area (Å²) in [5.74, 6) is 0.172. The van der Waals surface area contributed by atoms with E-state index in [4.69, 9.17) is 0 Å². The molecule has 4 nitrogen and oxygen atoms in total. The van der Waals surface area contributed by atoms with Crippen molar-refractivity contribution in [3.63, 3.8) is 0 Å². The smallest absolute Gasteiger partial charge is 0.273 e. The van der Waals surface area contributed by atoms with Gasteiger partial charge in [0.2, 0.25) is 0 Å². The number of hydrogen-bond donors (Lipinski definition) is 1. The van der Waals surface area contributed by atoms with Gasteiger partial charge in [0, 0.05) is 16.5 Å². The number of phenolic OH excluding ortho intramolecular Hbond substituents is 1. The predicted octanol–water partition coefficient (Wildman–Crippen LogP) is 3.76. The molecular formula is C13H11NO3S. The average molecular weight is 261 g/mol. The largest absolute Gasteiger partial charge is 0.507 e. The van der Waals surface area contributed by atoms with E-state index in [1.54, 1.807) is 37.3 Å². The number of phenols is 1. The third-order valence-electron chi connectivity index (χ3n) is 2.47. The minimum absolute atomic E-state index is 0.0930. The summed E-state index contributed by atoms with van der Waals surface area (Å²) in [6.07, 6.45) is 0. The molecule has 0 unspecified atom stereocenters. The van der Waals surface area contributed by atoms with Crippen molar-refractivity contribution in [1.29, 1.82) is 0 Å². The van der Waals surface area contributed by atoms with E-state index in [9.17, 15) is 15.2 Å². The first-order valence-corrected chi connectivity index (χ1v) is 6.10. The van der Waals surface area contributed by atoms with Gasteiger partial charge in [-0.3, -0.25) is 10.1 Å². The molecule has 1 N–H and O–H groups in total. The number of para-hydroxylation sites is 1. The first kappa shape index (κ1) is 12.4. The molecule has 0 saturated carbocycles. The maximum absolute atomic E-state index is 10.8. The zero-order valence-corrected chi connectivity index (χ0v) is 10.5. The molecule has 2 rings (SSSR count). The second-order valence-corrected chi connectivity index (χ2v) is 4.89. The number of nitro groups is 1. The van der Waals surface area contributed by atoms with E-state index < -0.39 is 4.92 Å². The van der Waals surface area contributed by atoms with Gasteiger partial charge in [0.15, 0.2) is 0 Å². The average Bonchev–Trinajstić information content (AvgIpc) is 2.34. The van der Waals surface area contributed by atoms with Crippen LogP contribution in [-0.4, -0.2) is 10.0 Å². The molecule has 2 aromatic carbocycles. The molecule has 0 atom stereocenters. The summed E-state index contributed by atoms with van der Waals surface area (Å²) < 4.78 is 0. The zero-order chi connectivity index (χ0) is 13.1. The second-order valence-electron chi connectivity index (χ2n) is 3.78. The maximum atomic E-state index is 10.8. The fourth-order valence-corrected chi connectivity index (χ4v) is 2.40. The molecule has 0 aliphatic heterocycles. The molecule has 18 heavy (non-hydrogen) atoms. The molecule has 0 aromatic heterocycles. The van der Waals surface area contributed by atoms with Crippen molar-refractivity contribution in [3.8, 4) is 5.75 Å². The summed E-state index contributed by atoms with van der Waals surface area (Å²) in [5, 5.41) is 20.5. The van der Waals surface area contributed by atoms with Crippen LogP contribution in [0.25, 0.3) is 0 Å². The number of benzene rings is 2. The van der Waals surface area contributed by atoms with Crippen molar-refractivity contribution >= 4 is 17.4 Å². The topological polar surface area (TPSA) is 63.4 Å². The second kappa shape index (κ2) is 5.10. The molecule has 92 valence electrons. The Morgan fingerprint density at radius 3 is 2.61 bits per heavy atom. The van der Waals surface area contributed by atoms with E-state index in [0.29, 0.717) is 10.5 Å². The Labute approximate surface area is 108 Å². The molecule has 0 spiro atoms. The molecule has 5 heteroatoms. The van der Waals surface area contributed by atoms with Gasteiger partial charge in [-0.1, -0.05) is 30.0 Å². The SMILES string of the molecule is Cc1ccc(Sc2ccccc2O)cc1[N+](=O)[O-]. The number of nitro benzene ring substituents is 1. The van der Waals surface area contributed by atoms with Gasteiger partial charge in [0.25, 0.3) is 5.69 Å². The first-order valence-electron chi connectivity index (χ1n) is 5.29. The van der Waals surface area contributed by atoms with Crippen LogP contribution in [0, 0.1) is 17.0 Å². The number of rotatable bonds is 3. The molecule has 0 bridgehead atoms. The van der Waals surface area contributed by atoms with Crippen LogP contribution in [0.2, 0.25) is 0 Å². The fourth-order valence-electron chi connectivity index (χ4n) is 1.52. The monoisotopic (exact) mass is 261 g/mol. The van der Waals surface area contributed by atoms with E-state index in [1.165, 1.54) is 17.8 Å². The van der Waals surface area contributed by atoms with Crippen molar-refractivity contribution in [3.05, 3.63) is 58.1 Å². The molecular weight excluding hydrogens is 250 g/mol. The Morgan fingerprint density at radius 1 is 1.22 bits per heavy atom. The highest BCUT2D eigenvalue weighted by molar-refractivity contribution is 7.99. The van der Waals surface area contributed by atoms with Crippen LogP contribution in [0.3, 0.4) is 0 Å². The number of aromatic hydroxyl groups is 1. The van der Waals surface area contributed by atoms with Gasteiger partial charge in [-0.2, -0.15) is 0 Å². The third kappa shape index (κ3) is 2.62. The van der Waals surface area contributed by atoms with E-state index in [-0.39, 0.29) is 11.4 Å². The van der Waals surface area contributed by atoms with Gasteiger partial charge in [0.05, 0.1) is 9.82 Å². The van der Waals surface area contributed by atoms with E-state index in [1.807, 2.05) is 6.07 Å². The summed E-state index contributed by atoms with van der Waals surface area (Å²) in [6.45, 7) is 1.70. The van der Waals surface area contributed by atoms with Crippen LogP contribution in [0.4, 0.5) is 5.69 Å². The maximum Gasteiger partial charge on any atom is 0.273 e. The van der Waals surface area contributed by atoms with Crippen LogP contribution in [0.15, 0.2) is 52.3 Å². The molecule has 0 fully saturated rings. The van der Waals surface area contributed by atoms with Gasteiger partial charge in [-0.05, 0) is 25.1 Å². The molecule has 0 saturated heterocycles. The first-order chi connectivity index (χ1) is 8.58. The standard InChI is InChI=1S/C13H11NO3S/c1-9-6-7-10(8-11(9)14(16)17)18-13-5-3-2-4-12(13)15/h2-8,15H,1H3. The third-order valence-corrected chi connectivity index (χ3v) is 3.53. The summed E-state index contributed by atoms with van der Waals surface area (Å²) in [4.78, 5) is 11.8. The van der Waals surface area contributed by atoms with E-state index in [0.717, 1.165) is 4.90 Å². The quantitative estimate of drug-likeness (QED) is 0.675. The number of aryl methyl sites for hydroxylation is 1. The summed E-state index contributed by atoms with van der Waals surface area (Å²) in [7, 11) is 0. The summed E-state index contributed by atoms with van der Waals surface area (Å²) in [6, 6.07) is 11.9. The summed E-state index contributed by atoms with van der Waals surface area (Å²) >= 11 is 1.30. The van der Waals surface area contributed by atoms with Crippen LogP contribution in [0.1, 0.15) is 5.56 Å². The van der Waals surface area contributed by atoms with E-state index >= 15 is 0 Å². The Kier molecular flexibility index (Phi) is 3.53. The Bertz CT molecular complexity index is 599. The summed E-state index contributed by atoms with van der Waals surface area (Å²) in [5.41, 5.74) is 0.719. The van der Waals surface area contributed by atoms with Crippen molar-refractivity contribution in [2.45, 2.75) is 16.7 Å². The van der Waals surface area contributed by atoms with Gasteiger partial charge in [-0.25, -0.2) is 0 Å². The lowest BCUT2D eigenvalue weighted by molar-refractivity contribution is -0.385. The minimum Gasteiger partial charge on any atom is -0.507 e. The highest BCUT2D eigenvalue weighted by Gasteiger charge is 2.12. The molecule has 0 radical (unpaired) electrons. The van der Waals surface area contributed by atoms with Crippen LogP contribution >= 0.6 is 11.8 Å². The lowest BCUT2D eigenvalue weighted by Crippen LogP contribution is -1.91. The van der Waals surface area contributed by atoms with Gasteiger partial charge < -0.3 is 5.11 Å². The zero-order valence-electron chi connectivity index (χ0n) is 9.66. The molecule has 0 amide bonds.